The highest BCUT2D eigenvalue weighted by Crippen LogP contribution is 2.16. The monoisotopic (exact) mass is 356 g/mol. The van der Waals surface area contributed by atoms with Gasteiger partial charge in [0.15, 0.2) is 6.10 Å². The van der Waals surface area contributed by atoms with Crippen LogP contribution in [0.25, 0.3) is 0 Å². The molecule has 0 spiro atoms. The van der Waals surface area contributed by atoms with Crippen LogP contribution in [0.15, 0.2) is 54.6 Å². The first-order valence-corrected chi connectivity index (χ1v) is 7.98. The summed E-state index contributed by atoms with van der Waals surface area (Å²) in [4.78, 5) is 36.0. The minimum absolute atomic E-state index is 0.303. The average Bonchev–Trinajstić information content (AvgIpc) is 2.66. The number of esters is 1. The molecule has 2 aromatic rings. The molecule has 0 radical (unpaired) electrons. The number of benzene rings is 2. The Balaban J connectivity index is 1.82. The Morgan fingerprint density at radius 2 is 1.65 bits per heavy atom. The summed E-state index contributed by atoms with van der Waals surface area (Å²) in [5.74, 6) is -1.25. The van der Waals surface area contributed by atoms with E-state index in [4.69, 9.17) is 9.47 Å². The summed E-state index contributed by atoms with van der Waals surface area (Å²) in [6.07, 6.45) is -0.995. The Bertz CT molecular complexity index is 777. The summed E-state index contributed by atoms with van der Waals surface area (Å²) >= 11 is 0. The van der Waals surface area contributed by atoms with E-state index in [0.29, 0.717) is 17.0 Å². The summed E-state index contributed by atoms with van der Waals surface area (Å²) in [5, 5.41) is 5.08. The lowest BCUT2D eigenvalue weighted by Gasteiger charge is -2.14. The molecule has 2 rings (SSSR count). The molecule has 0 heterocycles. The Morgan fingerprint density at radius 3 is 2.35 bits per heavy atom. The molecule has 2 amide bonds. The topological polar surface area (TPSA) is 93.7 Å². The number of carbonyl (C=O) groups is 3. The zero-order chi connectivity index (χ0) is 18.9. The number of ether oxygens (including phenoxy) is 2. The number of carbonyl (C=O) groups excluding carboxylic acids is 3. The third-order valence-electron chi connectivity index (χ3n) is 3.46. The van der Waals surface area contributed by atoms with Crippen molar-refractivity contribution in [1.82, 2.24) is 5.32 Å². The zero-order valence-electron chi connectivity index (χ0n) is 14.5. The van der Waals surface area contributed by atoms with Gasteiger partial charge in [-0.15, -0.1) is 0 Å². The maximum Gasteiger partial charge on any atom is 0.326 e. The second-order valence-corrected chi connectivity index (χ2v) is 5.37. The van der Waals surface area contributed by atoms with Crippen LogP contribution < -0.4 is 15.4 Å². The Kier molecular flexibility index (Phi) is 6.73. The molecule has 0 aliphatic rings. The molecular formula is C19H20N2O5. The van der Waals surface area contributed by atoms with Crippen molar-refractivity contribution < 1.29 is 23.9 Å². The summed E-state index contributed by atoms with van der Waals surface area (Å²) < 4.78 is 10.1. The van der Waals surface area contributed by atoms with E-state index in [0.717, 1.165) is 0 Å². The molecule has 0 saturated heterocycles. The Hall–Kier alpha value is -3.35. The largest absolute Gasteiger partial charge is 0.496 e. The lowest BCUT2D eigenvalue weighted by atomic mass is 10.2. The minimum atomic E-state index is -0.995. The van der Waals surface area contributed by atoms with E-state index < -0.39 is 23.9 Å². The highest BCUT2D eigenvalue weighted by molar-refractivity contribution is 5.99. The number of para-hydroxylation sites is 2. The van der Waals surface area contributed by atoms with Gasteiger partial charge in [0.2, 0.25) is 0 Å². The average molecular weight is 356 g/mol. The molecule has 1 atom stereocenters. The number of amides is 2. The lowest BCUT2D eigenvalue weighted by molar-refractivity contribution is -0.152. The van der Waals surface area contributed by atoms with Crippen LogP contribution in [-0.4, -0.2) is 37.5 Å². The molecule has 7 heteroatoms. The Labute approximate surface area is 151 Å². The van der Waals surface area contributed by atoms with Crippen molar-refractivity contribution in [3.63, 3.8) is 0 Å². The quantitative estimate of drug-likeness (QED) is 0.740. The van der Waals surface area contributed by atoms with Crippen molar-refractivity contribution in [3.8, 4) is 5.75 Å². The smallest absolute Gasteiger partial charge is 0.326 e. The Morgan fingerprint density at radius 1 is 1.00 bits per heavy atom. The van der Waals surface area contributed by atoms with Crippen molar-refractivity contribution in [1.29, 1.82) is 0 Å². The number of nitrogens with one attached hydrogen (secondary N) is 2. The van der Waals surface area contributed by atoms with Crippen LogP contribution in [-0.2, 0) is 14.3 Å². The summed E-state index contributed by atoms with van der Waals surface area (Å²) in [6, 6.07) is 15.5. The predicted octanol–water partition coefficient (Wildman–Crippen LogP) is 2.00. The van der Waals surface area contributed by atoms with Gasteiger partial charge in [0.25, 0.3) is 11.8 Å². The van der Waals surface area contributed by atoms with Gasteiger partial charge in [0, 0.05) is 5.69 Å². The molecule has 0 fully saturated rings. The van der Waals surface area contributed by atoms with Crippen LogP contribution in [0.1, 0.15) is 17.3 Å². The molecule has 136 valence electrons. The fourth-order valence-corrected chi connectivity index (χ4v) is 2.14. The van der Waals surface area contributed by atoms with Gasteiger partial charge in [-0.05, 0) is 31.2 Å². The van der Waals surface area contributed by atoms with Crippen LogP contribution in [0.2, 0.25) is 0 Å². The first-order chi connectivity index (χ1) is 12.5. The van der Waals surface area contributed by atoms with E-state index in [-0.39, 0.29) is 6.54 Å². The summed E-state index contributed by atoms with van der Waals surface area (Å²) in [6.45, 7) is 1.10. The van der Waals surface area contributed by atoms with Gasteiger partial charge in [-0.3, -0.25) is 14.4 Å². The van der Waals surface area contributed by atoms with Crippen LogP contribution in [0.5, 0.6) is 5.75 Å². The zero-order valence-corrected chi connectivity index (χ0v) is 14.5. The normalized spacial score (nSPS) is 11.2. The van der Waals surface area contributed by atoms with E-state index >= 15 is 0 Å². The molecule has 0 aliphatic heterocycles. The van der Waals surface area contributed by atoms with E-state index in [9.17, 15) is 14.4 Å². The van der Waals surface area contributed by atoms with Gasteiger partial charge in [0.1, 0.15) is 12.3 Å². The van der Waals surface area contributed by atoms with Gasteiger partial charge >= 0.3 is 5.97 Å². The van der Waals surface area contributed by atoms with E-state index in [2.05, 4.69) is 10.6 Å². The number of rotatable bonds is 7. The van der Waals surface area contributed by atoms with E-state index in [1.807, 2.05) is 6.07 Å². The van der Waals surface area contributed by atoms with Gasteiger partial charge in [0.05, 0.1) is 12.7 Å². The number of hydrogen-bond donors (Lipinski definition) is 2. The fraction of sp³-hybridized carbons (Fsp3) is 0.211. The molecule has 26 heavy (non-hydrogen) atoms. The summed E-state index contributed by atoms with van der Waals surface area (Å²) in [7, 11) is 1.45. The molecule has 0 saturated carbocycles. The SMILES string of the molecule is COc1ccccc1C(=O)NCC(=O)OC(C)C(=O)Nc1ccccc1. The maximum absolute atomic E-state index is 12.1. The van der Waals surface area contributed by atoms with E-state index in [1.54, 1.807) is 48.5 Å². The molecule has 0 aromatic heterocycles. The van der Waals surface area contributed by atoms with Gasteiger partial charge in [-0.2, -0.15) is 0 Å². The fourth-order valence-electron chi connectivity index (χ4n) is 2.14. The first kappa shape index (κ1) is 19.0. The van der Waals surface area contributed by atoms with Crippen LogP contribution in [0, 0.1) is 0 Å². The molecule has 0 aliphatic carbocycles. The number of anilines is 1. The molecular weight excluding hydrogens is 336 g/mol. The van der Waals surface area contributed by atoms with Gasteiger partial charge < -0.3 is 20.1 Å². The van der Waals surface area contributed by atoms with Crippen molar-refractivity contribution in [2.75, 3.05) is 19.0 Å². The van der Waals surface area contributed by atoms with Crippen LogP contribution in [0.3, 0.4) is 0 Å². The molecule has 7 nitrogen and oxygen atoms in total. The standard InChI is InChI=1S/C19H20N2O5/c1-13(18(23)21-14-8-4-3-5-9-14)26-17(22)12-20-19(24)15-10-6-7-11-16(15)25-2/h3-11,13H,12H2,1-2H3,(H,20,24)(H,21,23). The van der Waals surface area contributed by atoms with Crippen molar-refractivity contribution in [3.05, 3.63) is 60.2 Å². The maximum atomic E-state index is 12.1. The van der Waals surface area contributed by atoms with E-state index in [1.165, 1.54) is 14.0 Å². The number of hydrogen-bond acceptors (Lipinski definition) is 5. The number of methoxy groups -OCH3 is 1. The third kappa shape index (κ3) is 5.34. The molecule has 2 N–H and O–H groups in total. The van der Waals surface area contributed by atoms with Crippen LogP contribution in [0.4, 0.5) is 5.69 Å². The third-order valence-corrected chi connectivity index (χ3v) is 3.46. The predicted molar refractivity (Wildman–Crippen MR) is 96.0 cm³/mol. The van der Waals surface area contributed by atoms with Gasteiger partial charge in [-0.25, -0.2) is 0 Å². The first-order valence-electron chi connectivity index (χ1n) is 7.98. The van der Waals surface area contributed by atoms with Crippen molar-refractivity contribution in [2.24, 2.45) is 0 Å². The lowest BCUT2D eigenvalue weighted by Crippen LogP contribution is -2.35. The van der Waals surface area contributed by atoms with Gasteiger partial charge in [-0.1, -0.05) is 30.3 Å². The molecule has 2 aromatic carbocycles. The highest BCUT2D eigenvalue weighted by atomic mass is 16.5. The second-order valence-electron chi connectivity index (χ2n) is 5.37. The molecule has 0 bridgehead atoms. The van der Waals surface area contributed by atoms with Crippen LogP contribution >= 0.6 is 0 Å². The van der Waals surface area contributed by atoms with Crippen molar-refractivity contribution >= 4 is 23.5 Å². The highest BCUT2D eigenvalue weighted by Gasteiger charge is 2.19. The van der Waals surface area contributed by atoms with Crippen molar-refractivity contribution in [2.45, 2.75) is 13.0 Å². The minimum Gasteiger partial charge on any atom is -0.496 e. The second kappa shape index (κ2) is 9.22. The summed E-state index contributed by atoms with van der Waals surface area (Å²) in [5.41, 5.74) is 0.905. The molecule has 1 unspecified atom stereocenters.